The lowest BCUT2D eigenvalue weighted by molar-refractivity contribution is -0.137. The standard InChI is InChI=1S/C7H6ClN5O2/c8-5-4-6(12-7(9)11-5)13(2-10-4)1-3(14)15/h2H,1H2,(H,14,15)(H2,9,11,12). The second-order valence-electron chi connectivity index (χ2n) is 2.81. The first-order valence-corrected chi connectivity index (χ1v) is 4.31. The van der Waals surface area contributed by atoms with Crippen LogP contribution < -0.4 is 5.73 Å². The predicted molar refractivity (Wildman–Crippen MR) is 52.4 cm³/mol. The number of imidazole rings is 1. The van der Waals surface area contributed by atoms with Gasteiger partial charge >= 0.3 is 5.97 Å². The number of rotatable bonds is 2. The van der Waals surface area contributed by atoms with Crippen LogP contribution in [-0.4, -0.2) is 30.6 Å². The number of carboxylic acid groups (broad SMARTS) is 1. The van der Waals surface area contributed by atoms with Crippen molar-refractivity contribution in [3.05, 3.63) is 11.5 Å². The number of hydrogen-bond donors (Lipinski definition) is 2. The number of nitrogen functional groups attached to an aromatic ring is 1. The van der Waals surface area contributed by atoms with Crippen molar-refractivity contribution < 1.29 is 9.90 Å². The molecule has 0 saturated carbocycles. The van der Waals surface area contributed by atoms with Crippen LogP contribution in [0.15, 0.2) is 6.33 Å². The van der Waals surface area contributed by atoms with E-state index in [0.29, 0.717) is 11.2 Å². The fourth-order valence-corrected chi connectivity index (χ4v) is 1.41. The third-order valence-corrected chi connectivity index (χ3v) is 2.01. The summed E-state index contributed by atoms with van der Waals surface area (Å²) < 4.78 is 1.33. The smallest absolute Gasteiger partial charge is 0.323 e. The minimum Gasteiger partial charge on any atom is -0.480 e. The van der Waals surface area contributed by atoms with Crippen LogP contribution in [0.5, 0.6) is 0 Å². The van der Waals surface area contributed by atoms with Crippen molar-refractivity contribution in [2.24, 2.45) is 0 Å². The number of carbonyl (C=O) groups is 1. The first-order valence-electron chi connectivity index (χ1n) is 3.93. The number of nitrogens with two attached hydrogens (primary N) is 1. The molecule has 2 heterocycles. The van der Waals surface area contributed by atoms with E-state index in [4.69, 9.17) is 22.4 Å². The van der Waals surface area contributed by atoms with E-state index in [1.807, 2.05) is 0 Å². The molecule has 0 aliphatic heterocycles. The number of aromatic nitrogens is 4. The lowest BCUT2D eigenvalue weighted by Crippen LogP contribution is -2.08. The Morgan fingerprint density at radius 1 is 1.60 bits per heavy atom. The van der Waals surface area contributed by atoms with Crippen molar-refractivity contribution in [3.8, 4) is 0 Å². The number of nitrogens with zero attached hydrogens (tertiary/aromatic N) is 4. The van der Waals surface area contributed by atoms with E-state index in [2.05, 4.69) is 15.0 Å². The average Bonchev–Trinajstić information content (AvgIpc) is 2.48. The summed E-state index contributed by atoms with van der Waals surface area (Å²) in [6.45, 7) is -0.247. The van der Waals surface area contributed by atoms with Crippen LogP contribution in [0.4, 0.5) is 5.95 Å². The highest BCUT2D eigenvalue weighted by Crippen LogP contribution is 2.19. The molecule has 7 nitrogen and oxygen atoms in total. The van der Waals surface area contributed by atoms with Crippen LogP contribution in [0.25, 0.3) is 11.2 Å². The molecule has 0 bridgehead atoms. The highest BCUT2D eigenvalue weighted by Gasteiger charge is 2.11. The maximum atomic E-state index is 10.5. The molecule has 0 spiro atoms. The molecule has 2 rings (SSSR count). The van der Waals surface area contributed by atoms with Crippen molar-refractivity contribution in [2.45, 2.75) is 6.54 Å². The van der Waals surface area contributed by atoms with Gasteiger partial charge in [-0.25, -0.2) is 4.98 Å². The quantitative estimate of drug-likeness (QED) is 0.707. The fourth-order valence-electron chi connectivity index (χ4n) is 1.19. The zero-order valence-electron chi connectivity index (χ0n) is 7.38. The molecule has 2 aromatic heterocycles. The Kier molecular flexibility index (Phi) is 2.16. The molecule has 78 valence electrons. The molecular formula is C7H6ClN5O2. The number of hydrogen-bond acceptors (Lipinski definition) is 5. The van der Waals surface area contributed by atoms with E-state index in [9.17, 15) is 4.79 Å². The molecule has 2 aromatic rings. The number of carboxylic acids is 1. The zero-order chi connectivity index (χ0) is 11.0. The lowest BCUT2D eigenvalue weighted by atomic mass is 10.5. The number of anilines is 1. The first kappa shape index (κ1) is 9.66. The molecule has 0 amide bonds. The third kappa shape index (κ3) is 1.68. The van der Waals surface area contributed by atoms with E-state index in [-0.39, 0.29) is 17.6 Å². The summed E-state index contributed by atoms with van der Waals surface area (Å²) in [5, 5.41) is 8.74. The number of aliphatic carboxylic acids is 1. The van der Waals surface area contributed by atoms with Crippen molar-refractivity contribution >= 4 is 34.7 Å². The van der Waals surface area contributed by atoms with Gasteiger partial charge in [-0.05, 0) is 0 Å². The van der Waals surface area contributed by atoms with Gasteiger partial charge in [0, 0.05) is 0 Å². The van der Waals surface area contributed by atoms with Crippen molar-refractivity contribution in [1.29, 1.82) is 0 Å². The van der Waals surface area contributed by atoms with Gasteiger partial charge in [-0.15, -0.1) is 0 Å². The highest BCUT2D eigenvalue weighted by atomic mass is 35.5. The van der Waals surface area contributed by atoms with Gasteiger partial charge in [-0.3, -0.25) is 4.79 Å². The SMILES string of the molecule is Nc1nc(Cl)c2ncn(CC(=O)O)c2n1. The molecule has 8 heteroatoms. The third-order valence-electron chi connectivity index (χ3n) is 1.74. The van der Waals surface area contributed by atoms with E-state index < -0.39 is 5.97 Å². The fraction of sp³-hybridized carbons (Fsp3) is 0.143. The van der Waals surface area contributed by atoms with Crippen molar-refractivity contribution in [1.82, 2.24) is 19.5 Å². The molecule has 0 atom stereocenters. The molecule has 0 unspecified atom stereocenters. The largest absolute Gasteiger partial charge is 0.480 e. The number of fused-ring (bicyclic) bond motifs is 1. The van der Waals surface area contributed by atoms with E-state index >= 15 is 0 Å². The topological polar surface area (TPSA) is 107 Å². The Morgan fingerprint density at radius 2 is 2.33 bits per heavy atom. The summed E-state index contributed by atoms with van der Waals surface area (Å²) in [7, 11) is 0. The summed E-state index contributed by atoms with van der Waals surface area (Å²) in [5.74, 6) is -1.01. The summed E-state index contributed by atoms with van der Waals surface area (Å²) >= 11 is 5.76. The van der Waals surface area contributed by atoms with Gasteiger partial charge in [-0.2, -0.15) is 9.97 Å². The molecule has 3 N–H and O–H groups in total. The minimum absolute atomic E-state index is 0.0142. The van der Waals surface area contributed by atoms with Crippen LogP contribution in [0.3, 0.4) is 0 Å². The molecule has 0 fully saturated rings. The van der Waals surface area contributed by atoms with Gasteiger partial charge in [-0.1, -0.05) is 11.6 Å². The Morgan fingerprint density at radius 3 is 3.00 bits per heavy atom. The summed E-state index contributed by atoms with van der Waals surface area (Å²) in [6.07, 6.45) is 1.33. The van der Waals surface area contributed by atoms with Gasteiger partial charge in [0.15, 0.2) is 10.8 Å². The number of halogens is 1. The van der Waals surface area contributed by atoms with Crippen LogP contribution >= 0.6 is 11.6 Å². The normalized spacial score (nSPS) is 10.7. The Balaban J connectivity index is 2.63. The average molecular weight is 228 g/mol. The minimum atomic E-state index is -0.998. The summed E-state index contributed by atoms with van der Waals surface area (Å²) in [6, 6.07) is 0. The molecule has 0 aliphatic rings. The monoisotopic (exact) mass is 227 g/mol. The second-order valence-corrected chi connectivity index (χ2v) is 3.17. The first-order chi connectivity index (χ1) is 7.08. The molecule has 0 saturated heterocycles. The van der Waals surface area contributed by atoms with Crippen LogP contribution in [0.2, 0.25) is 5.15 Å². The summed E-state index contributed by atoms with van der Waals surface area (Å²) in [5.41, 5.74) is 6.04. The Hall–Kier alpha value is -1.89. The van der Waals surface area contributed by atoms with Crippen LogP contribution in [0.1, 0.15) is 0 Å². The molecule has 0 radical (unpaired) electrons. The molecular weight excluding hydrogens is 222 g/mol. The van der Waals surface area contributed by atoms with Gasteiger partial charge in [0.2, 0.25) is 5.95 Å². The molecule has 0 aromatic carbocycles. The van der Waals surface area contributed by atoms with Gasteiger partial charge < -0.3 is 15.4 Å². The van der Waals surface area contributed by atoms with E-state index in [1.54, 1.807) is 0 Å². The Bertz CT molecular complexity index is 537. The van der Waals surface area contributed by atoms with E-state index in [1.165, 1.54) is 10.9 Å². The molecule has 0 aliphatic carbocycles. The predicted octanol–water partition coefficient (Wildman–Crippen LogP) is 0.146. The maximum absolute atomic E-state index is 10.5. The van der Waals surface area contributed by atoms with Crippen LogP contribution in [0, 0.1) is 0 Å². The van der Waals surface area contributed by atoms with Crippen molar-refractivity contribution in [2.75, 3.05) is 5.73 Å². The highest BCUT2D eigenvalue weighted by molar-refractivity contribution is 6.33. The van der Waals surface area contributed by atoms with Gasteiger partial charge in [0.05, 0.1) is 6.33 Å². The van der Waals surface area contributed by atoms with Crippen LogP contribution in [-0.2, 0) is 11.3 Å². The zero-order valence-corrected chi connectivity index (χ0v) is 8.14. The Labute approximate surface area is 88.5 Å². The van der Waals surface area contributed by atoms with Gasteiger partial charge in [0.1, 0.15) is 12.1 Å². The van der Waals surface area contributed by atoms with E-state index in [0.717, 1.165) is 0 Å². The second kappa shape index (κ2) is 3.35. The van der Waals surface area contributed by atoms with Crippen molar-refractivity contribution in [3.63, 3.8) is 0 Å². The molecule has 15 heavy (non-hydrogen) atoms. The maximum Gasteiger partial charge on any atom is 0.323 e. The summed E-state index contributed by atoms with van der Waals surface area (Å²) in [4.78, 5) is 22.0. The lowest BCUT2D eigenvalue weighted by Gasteiger charge is -1.99. The van der Waals surface area contributed by atoms with Gasteiger partial charge in [0.25, 0.3) is 0 Å².